The van der Waals surface area contributed by atoms with Crippen LogP contribution in [0.1, 0.15) is 0 Å². The van der Waals surface area contributed by atoms with Crippen molar-refractivity contribution in [3.63, 3.8) is 0 Å². The molecule has 0 unspecified atom stereocenters. The molecular weight excluding hydrogens is 346 g/mol. The summed E-state index contributed by atoms with van der Waals surface area (Å²) in [5.74, 6) is 0.431. The third kappa shape index (κ3) is 3.22. The van der Waals surface area contributed by atoms with Crippen LogP contribution in [0.3, 0.4) is 0 Å². The minimum atomic E-state index is -4.19. The molecule has 0 aliphatic rings. The first kappa shape index (κ1) is 16.7. The molecule has 1 heterocycles. The number of methoxy groups -OCH3 is 1. The number of pyridine rings is 1. The van der Waals surface area contributed by atoms with Gasteiger partial charge in [0, 0.05) is 23.7 Å². The highest BCUT2D eigenvalue weighted by Crippen LogP contribution is 2.31. The second-order valence-corrected chi connectivity index (χ2v) is 6.73. The van der Waals surface area contributed by atoms with Gasteiger partial charge in [0.25, 0.3) is 15.7 Å². The van der Waals surface area contributed by atoms with Gasteiger partial charge in [-0.3, -0.25) is 19.8 Å². The summed E-state index contributed by atoms with van der Waals surface area (Å²) < 4.78 is 32.9. The van der Waals surface area contributed by atoms with Gasteiger partial charge in [-0.15, -0.1) is 0 Å². The molecule has 8 nitrogen and oxygen atoms in total. The molecule has 0 amide bonds. The lowest BCUT2D eigenvalue weighted by atomic mass is 10.2. The van der Waals surface area contributed by atoms with Crippen LogP contribution in [0.4, 0.5) is 11.4 Å². The Bertz CT molecular complexity index is 1070. The molecule has 128 valence electrons. The quantitative estimate of drug-likeness (QED) is 0.554. The second-order valence-electron chi connectivity index (χ2n) is 5.08. The molecule has 9 heteroatoms. The van der Waals surface area contributed by atoms with Crippen LogP contribution in [-0.2, 0) is 10.0 Å². The number of aromatic nitrogens is 1. The predicted molar refractivity (Wildman–Crippen MR) is 92.2 cm³/mol. The Balaban J connectivity index is 2.14. The molecule has 3 aromatic rings. The fraction of sp³-hybridized carbons (Fsp3) is 0.0625. The summed E-state index contributed by atoms with van der Waals surface area (Å²) in [5.41, 5.74) is 0.0775. The van der Waals surface area contributed by atoms with E-state index in [4.69, 9.17) is 4.74 Å². The zero-order valence-electron chi connectivity index (χ0n) is 13.0. The van der Waals surface area contributed by atoms with Gasteiger partial charge in [0.2, 0.25) is 0 Å². The van der Waals surface area contributed by atoms with E-state index in [0.29, 0.717) is 16.7 Å². The number of rotatable bonds is 5. The number of nitrogens with zero attached hydrogens (tertiary/aromatic N) is 2. The van der Waals surface area contributed by atoms with E-state index in [1.165, 1.54) is 37.6 Å². The number of nitro benzene ring substituents is 1. The number of benzene rings is 2. The molecule has 0 fully saturated rings. The molecule has 3 rings (SSSR count). The van der Waals surface area contributed by atoms with Crippen molar-refractivity contribution < 1.29 is 18.1 Å². The Labute approximate surface area is 143 Å². The highest BCUT2D eigenvalue weighted by atomic mass is 32.2. The first-order valence-electron chi connectivity index (χ1n) is 7.11. The first-order chi connectivity index (χ1) is 11.9. The molecule has 1 N–H and O–H groups in total. The molecule has 0 aliphatic carbocycles. The topological polar surface area (TPSA) is 111 Å². The number of hydrogen-bond donors (Lipinski definition) is 1. The predicted octanol–water partition coefficient (Wildman–Crippen LogP) is 2.95. The van der Waals surface area contributed by atoms with Crippen molar-refractivity contribution in [2.24, 2.45) is 0 Å². The fourth-order valence-electron chi connectivity index (χ4n) is 2.40. The third-order valence-corrected chi connectivity index (χ3v) is 4.92. The Hall–Kier alpha value is -3.20. The van der Waals surface area contributed by atoms with Crippen LogP contribution in [0.2, 0.25) is 0 Å². The molecule has 2 aromatic carbocycles. The highest BCUT2D eigenvalue weighted by Gasteiger charge is 2.26. The van der Waals surface area contributed by atoms with Gasteiger partial charge in [0.15, 0.2) is 4.90 Å². The second kappa shape index (κ2) is 6.36. The van der Waals surface area contributed by atoms with Crippen molar-refractivity contribution in [2.45, 2.75) is 4.90 Å². The number of fused-ring (bicyclic) bond motifs is 1. The molecule has 0 spiro atoms. The van der Waals surface area contributed by atoms with Crippen LogP contribution in [0.25, 0.3) is 10.9 Å². The minimum absolute atomic E-state index is 0.174. The van der Waals surface area contributed by atoms with Crippen LogP contribution in [-0.4, -0.2) is 25.4 Å². The van der Waals surface area contributed by atoms with E-state index in [9.17, 15) is 18.5 Å². The Morgan fingerprint density at radius 1 is 1.16 bits per heavy atom. The number of para-hydroxylation sites is 1. The molecule has 0 aliphatic heterocycles. The van der Waals surface area contributed by atoms with Crippen molar-refractivity contribution in [3.8, 4) is 5.75 Å². The van der Waals surface area contributed by atoms with E-state index in [1.807, 2.05) is 0 Å². The van der Waals surface area contributed by atoms with E-state index in [1.54, 1.807) is 18.2 Å². The van der Waals surface area contributed by atoms with E-state index in [-0.39, 0.29) is 5.69 Å². The number of ether oxygens (including phenoxy) is 1. The maximum Gasteiger partial charge on any atom is 0.289 e. The van der Waals surface area contributed by atoms with Crippen molar-refractivity contribution in [1.82, 2.24) is 4.98 Å². The lowest BCUT2D eigenvalue weighted by Crippen LogP contribution is -2.15. The average Bonchev–Trinajstić information content (AvgIpc) is 2.61. The smallest absolute Gasteiger partial charge is 0.289 e. The standard InChI is InChI=1S/C16H13N3O5S/c1-24-12-9-11-5-4-8-17-16(11)13(10-12)18-25(22,23)15-7-3-2-6-14(15)19(20)21/h2-10,18H,1H3. The summed E-state index contributed by atoms with van der Waals surface area (Å²) in [6, 6.07) is 11.8. The van der Waals surface area contributed by atoms with Crippen molar-refractivity contribution in [2.75, 3.05) is 11.8 Å². The van der Waals surface area contributed by atoms with Crippen LogP contribution in [0.15, 0.2) is 59.6 Å². The summed E-state index contributed by atoms with van der Waals surface area (Å²) in [7, 11) is -2.74. The zero-order chi connectivity index (χ0) is 18.0. The van der Waals surface area contributed by atoms with Gasteiger partial charge in [0.05, 0.1) is 23.2 Å². The SMILES string of the molecule is COc1cc(NS(=O)(=O)c2ccccc2[N+](=O)[O-])c2ncccc2c1. The molecule has 0 saturated carbocycles. The van der Waals surface area contributed by atoms with Gasteiger partial charge in [-0.2, -0.15) is 0 Å². The number of anilines is 1. The largest absolute Gasteiger partial charge is 0.497 e. The van der Waals surface area contributed by atoms with E-state index in [2.05, 4.69) is 9.71 Å². The van der Waals surface area contributed by atoms with Gasteiger partial charge in [-0.1, -0.05) is 18.2 Å². The van der Waals surface area contributed by atoms with Crippen molar-refractivity contribution in [1.29, 1.82) is 0 Å². The number of nitrogens with one attached hydrogen (secondary N) is 1. The Kier molecular flexibility index (Phi) is 4.24. The molecule has 25 heavy (non-hydrogen) atoms. The maximum atomic E-state index is 12.7. The summed E-state index contributed by atoms with van der Waals surface area (Å²) in [6.07, 6.45) is 1.53. The number of hydrogen-bond acceptors (Lipinski definition) is 6. The molecule has 0 atom stereocenters. The number of sulfonamides is 1. The molecule has 0 saturated heterocycles. The Morgan fingerprint density at radius 3 is 2.64 bits per heavy atom. The minimum Gasteiger partial charge on any atom is -0.497 e. The lowest BCUT2D eigenvalue weighted by Gasteiger charge is -2.12. The summed E-state index contributed by atoms with van der Waals surface area (Å²) in [6.45, 7) is 0. The van der Waals surface area contributed by atoms with Crippen molar-refractivity contribution >= 4 is 32.3 Å². The maximum absolute atomic E-state index is 12.7. The Morgan fingerprint density at radius 2 is 1.92 bits per heavy atom. The van der Waals surface area contributed by atoms with E-state index < -0.39 is 25.5 Å². The van der Waals surface area contributed by atoms with Gasteiger partial charge < -0.3 is 4.74 Å². The molecular formula is C16H13N3O5S. The lowest BCUT2D eigenvalue weighted by molar-refractivity contribution is -0.387. The average molecular weight is 359 g/mol. The first-order valence-corrected chi connectivity index (χ1v) is 8.60. The van der Waals surface area contributed by atoms with E-state index >= 15 is 0 Å². The molecule has 0 radical (unpaired) electrons. The van der Waals surface area contributed by atoms with Crippen LogP contribution in [0, 0.1) is 10.1 Å². The molecule has 0 bridgehead atoms. The van der Waals surface area contributed by atoms with Gasteiger partial charge in [-0.05, 0) is 18.2 Å². The summed E-state index contributed by atoms with van der Waals surface area (Å²) in [5, 5.41) is 11.8. The normalized spacial score (nSPS) is 11.2. The van der Waals surface area contributed by atoms with Gasteiger partial charge in [-0.25, -0.2) is 8.42 Å². The highest BCUT2D eigenvalue weighted by molar-refractivity contribution is 7.92. The van der Waals surface area contributed by atoms with Gasteiger partial charge in [0.1, 0.15) is 5.75 Å². The third-order valence-electron chi connectivity index (χ3n) is 3.51. The van der Waals surface area contributed by atoms with Crippen molar-refractivity contribution in [3.05, 3.63) is 64.8 Å². The fourth-order valence-corrected chi connectivity index (χ4v) is 3.63. The van der Waals surface area contributed by atoms with Gasteiger partial charge >= 0.3 is 0 Å². The monoisotopic (exact) mass is 359 g/mol. The van der Waals surface area contributed by atoms with Crippen LogP contribution >= 0.6 is 0 Å². The molecule has 1 aromatic heterocycles. The van der Waals surface area contributed by atoms with Crippen LogP contribution < -0.4 is 9.46 Å². The van der Waals surface area contributed by atoms with Crippen LogP contribution in [0.5, 0.6) is 5.75 Å². The number of nitro groups is 1. The summed E-state index contributed by atoms with van der Waals surface area (Å²) in [4.78, 5) is 14.1. The zero-order valence-corrected chi connectivity index (χ0v) is 13.9. The summed E-state index contributed by atoms with van der Waals surface area (Å²) >= 11 is 0. The van der Waals surface area contributed by atoms with E-state index in [0.717, 1.165) is 6.07 Å².